The van der Waals surface area contributed by atoms with Gasteiger partial charge in [-0.2, -0.15) is 0 Å². The second kappa shape index (κ2) is 12.5. The Bertz CT molecular complexity index is 549. The molecule has 4 N–H and O–H groups in total. The van der Waals surface area contributed by atoms with Crippen LogP contribution in [0, 0.1) is 5.92 Å². The molecule has 0 radical (unpaired) electrons. The highest BCUT2D eigenvalue weighted by Crippen LogP contribution is 2.17. The first-order valence-electron chi connectivity index (χ1n) is 8.90. The molecule has 0 aliphatic heterocycles. The third kappa shape index (κ3) is 8.54. The smallest absolute Gasteiger partial charge is 0.224 e. The van der Waals surface area contributed by atoms with Crippen LogP contribution in [0.15, 0.2) is 24.3 Å². The second-order valence-corrected chi connectivity index (χ2v) is 6.33. The fourth-order valence-corrected chi connectivity index (χ4v) is 2.28. The number of halogens is 1. The molecular formula is C19H32ClN3O3. The molecule has 0 aliphatic carbocycles. The van der Waals surface area contributed by atoms with Gasteiger partial charge in [0.25, 0.3) is 0 Å². The molecule has 3 atom stereocenters. The van der Waals surface area contributed by atoms with Crippen molar-refractivity contribution in [2.24, 2.45) is 11.7 Å². The predicted octanol–water partition coefficient (Wildman–Crippen LogP) is 2.56. The molecule has 1 aromatic carbocycles. The summed E-state index contributed by atoms with van der Waals surface area (Å²) >= 11 is 0. The first kappa shape index (κ1) is 24.2. The number of benzene rings is 1. The monoisotopic (exact) mass is 385 g/mol. The molecule has 0 spiro atoms. The molecule has 0 saturated carbocycles. The van der Waals surface area contributed by atoms with Gasteiger partial charge in [0.15, 0.2) is 0 Å². The van der Waals surface area contributed by atoms with E-state index in [1.807, 2.05) is 38.1 Å². The van der Waals surface area contributed by atoms with Crippen LogP contribution >= 0.6 is 12.4 Å². The van der Waals surface area contributed by atoms with Crippen molar-refractivity contribution >= 4 is 24.2 Å². The average molecular weight is 386 g/mol. The Morgan fingerprint density at radius 1 is 1.15 bits per heavy atom. The maximum atomic E-state index is 12.0. The van der Waals surface area contributed by atoms with Gasteiger partial charge >= 0.3 is 0 Å². The molecule has 6 nitrogen and oxygen atoms in total. The number of carbonyl (C=O) groups excluding carboxylic acids is 2. The van der Waals surface area contributed by atoms with Crippen molar-refractivity contribution in [3.05, 3.63) is 29.8 Å². The van der Waals surface area contributed by atoms with Crippen LogP contribution in [0.1, 0.15) is 52.1 Å². The van der Waals surface area contributed by atoms with Crippen molar-refractivity contribution in [1.82, 2.24) is 10.6 Å². The van der Waals surface area contributed by atoms with E-state index >= 15 is 0 Å². The van der Waals surface area contributed by atoms with E-state index in [-0.39, 0.29) is 42.2 Å². The van der Waals surface area contributed by atoms with E-state index in [2.05, 4.69) is 10.6 Å². The molecule has 7 heteroatoms. The summed E-state index contributed by atoms with van der Waals surface area (Å²) in [6.07, 6.45) is 0.966. The molecule has 148 valence electrons. The topological polar surface area (TPSA) is 93.5 Å². The van der Waals surface area contributed by atoms with E-state index in [0.29, 0.717) is 26.0 Å². The highest BCUT2D eigenvalue weighted by molar-refractivity contribution is 5.85. The van der Waals surface area contributed by atoms with Gasteiger partial charge in [-0.25, -0.2) is 0 Å². The van der Waals surface area contributed by atoms with Crippen LogP contribution in [-0.4, -0.2) is 31.0 Å². The Morgan fingerprint density at radius 2 is 1.77 bits per heavy atom. The van der Waals surface area contributed by atoms with Gasteiger partial charge in [-0.1, -0.05) is 19.1 Å². The fourth-order valence-electron chi connectivity index (χ4n) is 2.28. The van der Waals surface area contributed by atoms with Gasteiger partial charge in [-0.15, -0.1) is 12.4 Å². The molecule has 0 aliphatic rings. The normalized spacial score (nSPS) is 13.7. The Kier molecular flexibility index (Phi) is 11.7. The van der Waals surface area contributed by atoms with Gasteiger partial charge in [0.05, 0.1) is 12.6 Å². The molecule has 0 fully saturated rings. The molecule has 1 aromatic rings. The summed E-state index contributed by atoms with van der Waals surface area (Å²) in [5.74, 6) is 0.490. The lowest BCUT2D eigenvalue weighted by Crippen LogP contribution is -2.39. The number of rotatable bonds is 10. The SMILES string of the molecule is CCOc1ccc(C(C)NC(=O)CCCNC(=O)C(C)C(C)N)cc1.Cl. The predicted molar refractivity (Wildman–Crippen MR) is 106 cm³/mol. The first-order chi connectivity index (χ1) is 11.8. The fraction of sp³-hybridized carbons (Fsp3) is 0.579. The van der Waals surface area contributed by atoms with E-state index in [9.17, 15) is 9.59 Å². The van der Waals surface area contributed by atoms with Crippen molar-refractivity contribution in [2.45, 2.75) is 52.6 Å². The molecule has 0 heterocycles. The Labute approximate surface area is 162 Å². The number of nitrogens with one attached hydrogen (secondary N) is 2. The summed E-state index contributed by atoms with van der Waals surface area (Å²) in [4.78, 5) is 23.8. The summed E-state index contributed by atoms with van der Waals surface area (Å²) in [6, 6.07) is 7.44. The van der Waals surface area contributed by atoms with Crippen LogP contribution in [0.5, 0.6) is 5.75 Å². The number of amides is 2. The van der Waals surface area contributed by atoms with E-state index in [1.54, 1.807) is 13.8 Å². The first-order valence-corrected chi connectivity index (χ1v) is 8.90. The minimum absolute atomic E-state index is 0. The summed E-state index contributed by atoms with van der Waals surface area (Å²) in [6.45, 7) is 8.59. The third-order valence-electron chi connectivity index (χ3n) is 4.15. The summed E-state index contributed by atoms with van der Waals surface area (Å²) in [7, 11) is 0. The van der Waals surface area contributed by atoms with E-state index in [0.717, 1.165) is 11.3 Å². The van der Waals surface area contributed by atoms with Gasteiger partial charge < -0.3 is 21.1 Å². The molecule has 3 unspecified atom stereocenters. The van der Waals surface area contributed by atoms with Crippen molar-refractivity contribution in [3.8, 4) is 5.75 Å². The van der Waals surface area contributed by atoms with Gasteiger partial charge in [0, 0.05) is 24.9 Å². The van der Waals surface area contributed by atoms with Crippen LogP contribution in [0.2, 0.25) is 0 Å². The zero-order chi connectivity index (χ0) is 18.8. The Balaban J connectivity index is 0.00000625. The largest absolute Gasteiger partial charge is 0.494 e. The molecule has 26 heavy (non-hydrogen) atoms. The summed E-state index contributed by atoms with van der Waals surface area (Å²) in [5.41, 5.74) is 6.72. The molecule has 1 rings (SSSR count). The summed E-state index contributed by atoms with van der Waals surface area (Å²) < 4.78 is 5.41. The number of nitrogens with two attached hydrogens (primary N) is 1. The lowest BCUT2D eigenvalue weighted by atomic mass is 10.0. The molecule has 0 saturated heterocycles. The van der Waals surface area contributed by atoms with Gasteiger partial charge in [0.1, 0.15) is 5.75 Å². The highest BCUT2D eigenvalue weighted by atomic mass is 35.5. The van der Waals surface area contributed by atoms with Crippen molar-refractivity contribution in [3.63, 3.8) is 0 Å². The standard InChI is InChI=1S/C19H31N3O3.ClH/c1-5-25-17-10-8-16(9-11-17)15(4)22-18(23)7-6-12-21-19(24)13(2)14(3)20;/h8-11,13-15H,5-7,12,20H2,1-4H3,(H,21,24)(H,22,23);1H. The number of ether oxygens (including phenoxy) is 1. The van der Waals surface area contributed by atoms with Gasteiger partial charge in [0.2, 0.25) is 11.8 Å². The molecule has 2 amide bonds. The highest BCUT2D eigenvalue weighted by Gasteiger charge is 2.16. The van der Waals surface area contributed by atoms with Crippen molar-refractivity contribution in [2.75, 3.05) is 13.2 Å². The number of hydrogen-bond donors (Lipinski definition) is 3. The minimum atomic E-state index is -0.228. The van der Waals surface area contributed by atoms with Crippen LogP contribution < -0.4 is 21.1 Å². The third-order valence-corrected chi connectivity index (χ3v) is 4.15. The average Bonchev–Trinajstić information content (AvgIpc) is 2.58. The van der Waals surface area contributed by atoms with Crippen LogP contribution in [0.25, 0.3) is 0 Å². The van der Waals surface area contributed by atoms with E-state index in [4.69, 9.17) is 10.5 Å². The van der Waals surface area contributed by atoms with Crippen molar-refractivity contribution < 1.29 is 14.3 Å². The van der Waals surface area contributed by atoms with Gasteiger partial charge in [-0.05, 0) is 44.9 Å². The summed E-state index contributed by atoms with van der Waals surface area (Å²) in [5, 5.41) is 5.77. The number of carbonyl (C=O) groups is 2. The Hall–Kier alpha value is -1.79. The number of hydrogen-bond acceptors (Lipinski definition) is 4. The van der Waals surface area contributed by atoms with E-state index < -0.39 is 0 Å². The molecular weight excluding hydrogens is 354 g/mol. The maximum absolute atomic E-state index is 12.0. The van der Waals surface area contributed by atoms with Gasteiger partial charge in [-0.3, -0.25) is 9.59 Å². The van der Waals surface area contributed by atoms with E-state index in [1.165, 1.54) is 0 Å². The molecule has 0 aromatic heterocycles. The molecule has 0 bridgehead atoms. The Morgan fingerprint density at radius 3 is 2.31 bits per heavy atom. The lowest BCUT2D eigenvalue weighted by molar-refractivity contribution is -0.125. The van der Waals surface area contributed by atoms with Crippen LogP contribution in [-0.2, 0) is 9.59 Å². The van der Waals surface area contributed by atoms with Crippen molar-refractivity contribution in [1.29, 1.82) is 0 Å². The zero-order valence-corrected chi connectivity index (χ0v) is 16.9. The maximum Gasteiger partial charge on any atom is 0.224 e. The quantitative estimate of drug-likeness (QED) is 0.539. The minimum Gasteiger partial charge on any atom is -0.494 e. The second-order valence-electron chi connectivity index (χ2n) is 6.33. The van der Waals surface area contributed by atoms with Crippen LogP contribution in [0.3, 0.4) is 0 Å². The zero-order valence-electron chi connectivity index (χ0n) is 16.1. The lowest BCUT2D eigenvalue weighted by Gasteiger charge is -2.16. The van der Waals surface area contributed by atoms with Crippen LogP contribution in [0.4, 0.5) is 0 Å².